The van der Waals surface area contributed by atoms with Gasteiger partial charge in [0, 0.05) is 5.54 Å². The first kappa shape index (κ1) is 12.8. The van der Waals surface area contributed by atoms with Gasteiger partial charge in [-0.3, -0.25) is 0 Å². The van der Waals surface area contributed by atoms with E-state index < -0.39 is 0 Å². The van der Waals surface area contributed by atoms with Crippen LogP contribution in [0.1, 0.15) is 58.8 Å². The molecule has 0 spiro atoms. The SMILES string of the molecule is C=CCCCCCC1(C(C)C)CCCN1. The van der Waals surface area contributed by atoms with E-state index in [9.17, 15) is 0 Å². The van der Waals surface area contributed by atoms with Crippen LogP contribution in [0.4, 0.5) is 0 Å². The van der Waals surface area contributed by atoms with Crippen molar-refractivity contribution in [2.24, 2.45) is 5.92 Å². The maximum atomic E-state index is 3.77. The number of nitrogens with one attached hydrogen (secondary N) is 1. The summed E-state index contributed by atoms with van der Waals surface area (Å²) in [5.41, 5.74) is 0.466. The van der Waals surface area contributed by atoms with Crippen LogP contribution in [-0.2, 0) is 0 Å². The zero-order valence-electron chi connectivity index (χ0n) is 10.5. The molecule has 1 nitrogen and oxygen atoms in total. The van der Waals surface area contributed by atoms with Gasteiger partial charge in [0.25, 0.3) is 0 Å². The van der Waals surface area contributed by atoms with E-state index >= 15 is 0 Å². The smallest absolute Gasteiger partial charge is 0.0204 e. The van der Waals surface area contributed by atoms with Crippen LogP contribution in [0.25, 0.3) is 0 Å². The first-order chi connectivity index (χ1) is 7.21. The number of hydrogen-bond donors (Lipinski definition) is 1. The third kappa shape index (κ3) is 3.64. The molecule has 1 aliphatic rings. The standard InChI is InChI=1S/C14H27N/c1-4-5-6-7-8-10-14(13(2)3)11-9-12-15-14/h4,13,15H,1,5-12H2,2-3H3. The lowest BCUT2D eigenvalue weighted by Gasteiger charge is -2.34. The summed E-state index contributed by atoms with van der Waals surface area (Å²) in [7, 11) is 0. The Labute approximate surface area is 95.3 Å². The van der Waals surface area contributed by atoms with Gasteiger partial charge < -0.3 is 5.32 Å². The molecule has 1 heteroatoms. The molecule has 0 bridgehead atoms. The average molecular weight is 209 g/mol. The van der Waals surface area contributed by atoms with Crippen molar-refractivity contribution >= 4 is 0 Å². The van der Waals surface area contributed by atoms with Gasteiger partial charge in [-0.1, -0.05) is 32.8 Å². The van der Waals surface area contributed by atoms with Crippen molar-refractivity contribution in [3.05, 3.63) is 12.7 Å². The average Bonchev–Trinajstić information content (AvgIpc) is 2.67. The molecule has 0 radical (unpaired) electrons. The minimum atomic E-state index is 0.466. The van der Waals surface area contributed by atoms with Gasteiger partial charge >= 0.3 is 0 Å². The van der Waals surface area contributed by atoms with Gasteiger partial charge in [-0.25, -0.2) is 0 Å². The normalized spacial score (nSPS) is 26.1. The van der Waals surface area contributed by atoms with Gasteiger partial charge in [0.05, 0.1) is 0 Å². The minimum absolute atomic E-state index is 0.466. The molecule has 0 aromatic rings. The first-order valence-electron chi connectivity index (χ1n) is 6.57. The molecule has 0 aliphatic carbocycles. The maximum absolute atomic E-state index is 3.77. The summed E-state index contributed by atoms with van der Waals surface area (Å²) < 4.78 is 0. The zero-order valence-corrected chi connectivity index (χ0v) is 10.5. The van der Waals surface area contributed by atoms with E-state index in [1.807, 2.05) is 6.08 Å². The van der Waals surface area contributed by atoms with Crippen LogP contribution in [0.3, 0.4) is 0 Å². The van der Waals surface area contributed by atoms with Crippen molar-refractivity contribution < 1.29 is 0 Å². The molecule has 0 aromatic heterocycles. The van der Waals surface area contributed by atoms with E-state index in [-0.39, 0.29) is 0 Å². The fourth-order valence-electron chi connectivity index (χ4n) is 2.73. The molecule has 1 fully saturated rings. The van der Waals surface area contributed by atoms with Gasteiger partial charge in [0.1, 0.15) is 0 Å². The summed E-state index contributed by atoms with van der Waals surface area (Å²) in [6.07, 6.45) is 11.4. The van der Waals surface area contributed by atoms with Gasteiger partial charge in [-0.05, 0) is 44.6 Å². The summed E-state index contributed by atoms with van der Waals surface area (Å²) in [5.74, 6) is 0.777. The van der Waals surface area contributed by atoms with E-state index in [4.69, 9.17) is 0 Å². The van der Waals surface area contributed by atoms with Crippen molar-refractivity contribution in [2.45, 2.75) is 64.3 Å². The largest absolute Gasteiger partial charge is 0.311 e. The minimum Gasteiger partial charge on any atom is -0.311 e. The Kier molecular flexibility index (Phi) is 5.38. The highest BCUT2D eigenvalue weighted by Gasteiger charge is 2.35. The van der Waals surface area contributed by atoms with E-state index in [1.54, 1.807) is 0 Å². The molecule has 15 heavy (non-hydrogen) atoms. The van der Waals surface area contributed by atoms with Crippen LogP contribution in [0.15, 0.2) is 12.7 Å². The van der Waals surface area contributed by atoms with Crippen LogP contribution in [0, 0.1) is 5.92 Å². The second-order valence-corrected chi connectivity index (χ2v) is 5.23. The van der Waals surface area contributed by atoms with E-state index in [1.165, 1.54) is 51.5 Å². The van der Waals surface area contributed by atoms with Gasteiger partial charge in [-0.2, -0.15) is 0 Å². The van der Waals surface area contributed by atoms with E-state index in [0.717, 1.165) is 5.92 Å². The molecular formula is C14H27N. The molecule has 88 valence electrons. The predicted octanol–water partition coefficient (Wildman–Crippen LogP) is 3.90. The highest BCUT2D eigenvalue weighted by molar-refractivity contribution is 4.95. The zero-order chi connectivity index (χ0) is 11.1. The van der Waals surface area contributed by atoms with Crippen molar-refractivity contribution in [2.75, 3.05) is 6.54 Å². The number of rotatable bonds is 7. The Hall–Kier alpha value is -0.300. The third-order valence-electron chi connectivity index (χ3n) is 3.91. The third-order valence-corrected chi connectivity index (χ3v) is 3.91. The summed E-state index contributed by atoms with van der Waals surface area (Å²) in [5, 5.41) is 3.74. The highest BCUT2D eigenvalue weighted by Crippen LogP contribution is 2.32. The van der Waals surface area contributed by atoms with Gasteiger partial charge in [0.2, 0.25) is 0 Å². The van der Waals surface area contributed by atoms with Gasteiger partial charge in [-0.15, -0.1) is 6.58 Å². The molecular weight excluding hydrogens is 182 g/mol. The summed E-state index contributed by atoms with van der Waals surface area (Å²) in [6.45, 7) is 9.72. The number of hydrogen-bond acceptors (Lipinski definition) is 1. The van der Waals surface area contributed by atoms with Gasteiger partial charge in [0.15, 0.2) is 0 Å². The lowest BCUT2D eigenvalue weighted by atomic mass is 9.80. The molecule has 1 unspecified atom stereocenters. The van der Waals surface area contributed by atoms with Crippen LogP contribution in [0.2, 0.25) is 0 Å². The summed E-state index contributed by atoms with van der Waals surface area (Å²) >= 11 is 0. The van der Waals surface area contributed by atoms with Crippen LogP contribution < -0.4 is 5.32 Å². The number of allylic oxidation sites excluding steroid dienone is 1. The predicted molar refractivity (Wildman–Crippen MR) is 68.1 cm³/mol. The second-order valence-electron chi connectivity index (χ2n) is 5.23. The second kappa shape index (κ2) is 6.32. The Morgan fingerprint density at radius 1 is 1.33 bits per heavy atom. The quantitative estimate of drug-likeness (QED) is 0.495. The molecule has 1 saturated heterocycles. The highest BCUT2D eigenvalue weighted by atomic mass is 15.0. The Balaban J connectivity index is 2.23. The molecule has 0 amide bonds. The summed E-state index contributed by atoms with van der Waals surface area (Å²) in [4.78, 5) is 0. The first-order valence-corrected chi connectivity index (χ1v) is 6.57. The van der Waals surface area contributed by atoms with Crippen LogP contribution >= 0.6 is 0 Å². The molecule has 1 N–H and O–H groups in total. The fourth-order valence-corrected chi connectivity index (χ4v) is 2.73. The van der Waals surface area contributed by atoms with E-state index in [2.05, 4.69) is 25.7 Å². The maximum Gasteiger partial charge on any atom is 0.0204 e. The lowest BCUT2D eigenvalue weighted by molar-refractivity contribution is 0.244. The Bertz CT molecular complexity index is 178. The van der Waals surface area contributed by atoms with Crippen molar-refractivity contribution in [1.82, 2.24) is 5.32 Å². The topological polar surface area (TPSA) is 12.0 Å². The van der Waals surface area contributed by atoms with E-state index in [0.29, 0.717) is 5.54 Å². The van der Waals surface area contributed by atoms with Crippen LogP contribution in [-0.4, -0.2) is 12.1 Å². The fraction of sp³-hybridized carbons (Fsp3) is 0.857. The molecule has 1 rings (SSSR count). The summed E-state index contributed by atoms with van der Waals surface area (Å²) in [6, 6.07) is 0. The molecule has 1 atom stereocenters. The molecule has 0 aromatic carbocycles. The van der Waals surface area contributed by atoms with Crippen molar-refractivity contribution in [3.8, 4) is 0 Å². The lowest BCUT2D eigenvalue weighted by Crippen LogP contribution is -2.44. The van der Waals surface area contributed by atoms with Crippen molar-refractivity contribution in [1.29, 1.82) is 0 Å². The number of unbranched alkanes of at least 4 members (excludes halogenated alkanes) is 3. The molecule has 0 saturated carbocycles. The molecule has 1 aliphatic heterocycles. The Morgan fingerprint density at radius 3 is 2.67 bits per heavy atom. The monoisotopic (exact) mass is 209 g/mol. The van der Waals surface area contributed by atoms with Crippen molar-refractivity contribution in [3.63, 3.8) is 0 Å². The van der Waals surface area contributed by atoms with Crippen LogP contribution in [0.5, 0.6) is 0 Å². The Morgan fingerprint density at radius 2 is 2.13 bits per heavy atom. The molecule has 1 heterocycles.